The maximum atomic E-state index is 12.1. The summed E-state index contributed by atoms with van der Waals surface area (Å²) in [6.07, 6.45) is 0. The molecule has 0 spiro atoms. The highest BCUT2D eigenvalue weighted by atomic mass is 16.4. The number of hydrogen-bond acceptors (Lipinski definition) is 4. The third kappa shape index (κ3) is 4.27. The molecule has 0 saturated carbocycles. The number of benzene rings is 1. The number of hydrogen-bond donors (Lipinski definition) is 2. The zero-order valence-electron chi connectivity index (χ0n) is 12.2. The second-order valence-electron chi connectivity index (χ2n) is 5.25. The average Bonchev–Trinajstić information content (AvgIpc) is 2.48. The van der Waals surface area contributed by atoms with Crippen molar-refractivity contribution in [2.24, 2.45) is 0 Å². The summed E-state index contributed by atoms with van der Waals surface area (Å²) in [5.74, 6) is -1.03. The van der Waals surface area contributed by atoms with Crippen molar-refractivity contribution in [3.8, 4) is 0 Å². The van der Waals surface area contributed by atoms with Crippen molar-refractivity contribution in [1.29, 1.82) is 0 Å². The summed E-state index contributed by atoms with van der Waals surface area (Å²) < 4.78 is 0. The van der Waals surface area contributed by atoms with Gasteiger partial charge in [0.2, 0.25) is 5.91 Å². The van der Waals surface area contributed by atoms with Gasteiger partial charge in [-0.1, -0.05) is 30.3 Å². The monoisotopic (exact) mass is 291 g/mol. The molecule has 2 N–H and O–H groups in total. The fraction of sp³-hybridized carbons (Fsp3) is 0.467. The molecule has 1 aromatic rings. The molecule has 1 aliphatic rings. The van der Waals surface area contributed by atoms with E-state index in [0.29, 0.717) is 18.7 Å². The molecule has 6 nitrogen and oxygen atoms in total. The van der Waals surface area contributed by atoms with Crippen LogP contribution < -0.4 is 5.32 Å². The highest BCUT2D eigenvalue weighted by Gasteiger charge is 2.23. The molecule has 1 heterocycles. The Morgan fingerprint density at radius 1 is 1.19 bits per heavy atom. The molecule has 1 amide bonds. The Bertz CT molecular complexity index is 484. The molecule has 1 saturated heterocycles. The molecule has 1 unspecified atom stereocenters. The lowest BCUT2D eigenvalue weighted by molar-refractivity contribution is -0.140. The summed E-state index contributed by atoms with van der Waals surface area (Å²) in [6.45, 7) is 3.13. The standard InChI is InChI=1S/C15H21N3O3/c1-17-7-9-18(10-8-17)13(19)11-16-14(15(20)21)12-5-3-2-4-6-12/h2-6,14,16H,7-11H2,1H3,(H,20,21). The molecule has 6 heteroatoms. The Labute approximate surface area is 124 Å². The number of amides is 1. The van der Waals surface area contributed by atoms with Crippen LogP contribution in [0.3, 0.4) is 0 Å². The maximum Gasteiger partial charge on any atom is 0.325 e. The maximum absolute atomic E-state index is 12.1. The molecular formula is C15H21N3O3. The normalized spacial score (nSPS) is 17.5. The number of aliphatic carboxylic acids is 1. The molecule has 1 aromatic carbocycles. The van der Waals surface area contributed by atoms with Crippen molar-refractivity contribution in [1.82, 2.24) is 15.1 Å². The molecule has 0 aliphatic carbocycles. The van der Waals surface area contributed by atoms with Gasteiger partial charge in [0.1, 0.15) is 6.04 Å². The summed E-state index contributed by atoms with van der Waals surface area (Å²) >= 11 is 0. The van der Waals surface area contributed by atoms with Crippen molar-refractivity contribution in [3.63, 3.8) is 0 Å². The number of likely N-dealkylation sites (N-methyl/N-ethyl adjacent to an activating group) is 1. The van der Waals surface area contributed by atoms with Crippen molar-refractivity contribution < 1.29 is 14.7 Å². The zero-order chi connectivity index (χ0) is 15.2. The highest BCUT2D eigenvalue weighted by Crippen LogP contribution is 2.12. The van der Waals surface area contributed by atoms with Crippen LogP contribution in [0.2, 0.25) is 0 Å². The number of nitrogens with zero attached hydrogens (tertiary/aromatic N) is 2. The first-order valence-electron chi connectivity index (χ1n) is 7.05. The fourth-order valence-corrected chi connectivity index (χ4v) is 2.35. The van der Waals surface area contributed by atoms with Gasteiger partial charge in [-0.2, -0.15) is 0 Å². The van der Waals surface area contributed by atoms with E-state index in [2.05, 4.69) is 10.2 Å². The summed E-state index contributed by atoms with van der Waals surface area (Å²) in [5.41, 5.74) is 0.649. The van der Waals surface area contributed by atoms with Gasteiger partial charge in [-0.25, -0.2) is 0 Å². The van der Waals surface area contributed by atoms with Gasteiger partial charge >= 0.3 is 5.97 Å². The van der Waals surface area contributed by atoms with E-state index >= 15 is 0 Å². The predicted molar refractivity (Wildman–Crippen MR) is 78.9 cm³/mol. The van der Waals surface area contributed by atoms with Crippen LogP contribution in [0.5, 0.6) is 0 Å². The highest BCUT2D eigenvalue weighted by molar-refractivity contribution is 5.80. The first-order chi connectivity index (χ1) is 10.1. The Kier molecular flexibility index (Phi) is 5.30. The molecule has 1 fully saturated rings. The third-order valence-corrected chi connectivity index (χ3v) is 3.69. The lowest BCUT2D eigenvalue weighted by Gasteiger charge is -2.32. The zero-order valence-corrected chi connectivity index (χ0v) is 12.2. The SMILES string of the molecule is CN1CCN(C(=O)CNC(C(=O)O)c2ccccc2)CC1. The van der Waals surface area contributed by atoms with E-state index in [-0.39, 0.29) is 12.5 Å². The Hall–Kier alpha value is -1.92. The van der Waals surface area contributed by atoms with E-state index in [1.54, 1.807) is 29.2 Å². The van der Waals surface area contributed by atoms with Crippen LogP contribution in [-0.4, -0.2) is 66.6 Å². The van der Waals surface area contributed by atoms with E-state index in [4.69, 9.17) is 0 Å². The molecular weight excluding hydrogens is 270 g/mol. The minimum atomic E-state index is -0.979. The van der Waals surface area contributed by atoms with Crippen LogP contribution in [0.15, 0.2) is 30.3 Å². The van der Waals surface area contributed by atoms with E-state index < -0.39 is 12.0 Å². The minimum absolute atomic E-state index is 0.0373. The van der Waals surface area contributed by atoms with Crippen molar-refractivity contribution in [3.05, 3.63) is 35.9 Å². The van der Waals surface area contributed by atoms with Crippen molar-refractivity contribution in [2.75, 3.05) is 39.8 Å². The number of carbonyl (C=O) groups is 2. The summed E-state index contributed by atoms with van der Waals surface area (Å²) in [4.78, 5) is 27.4. The van der Waals surface area contributed by atoms with Gasteiger partial charge in [0, 0.05) is 26.2 Å². The van der Waals surface area contributed by atoms with E-state index in [1.807, 2.05) is 13.1 Å². The lowest BCUT2D eigenvalue weighted by Crippen LogP contribution is -2.50. The van der Waals surface area contributed by atoms with Gasteiger partial charge in [0.15, 0.2) is 0 Å². The van der Waals surface area contributed by atoms with Gasteiger partial charge in [0.05, 0.1) is 6.54 Å². The number of carbonyl (C=O) groups excluding carboxylic acids is 1. The van der Waals surface area contributed by atoms with Crippen LogP contribution in [0.4, 0.5) is 0 Å². The summed E-state index contributed by atoms with van der Waals surface area (Å²) in [5, 5.41) is 12.1. The van der Waals surface area contributed by atoms with E-state index in [0.717, 1.165) is 13.1 Å². The number of carboxylic acids is 1. The Balaban J connectivity index is 1.90. The molecule has 1 aliphatic heterocycles. The molecule has 21 heavy (non-hydrogen) atoms. The Morgan fingerprint density at radius 3 is 2.38 bits per heavy atom. The predicted octanol–water partition coefficient (Wildman–Crippen LogP) is 0.176. The number of piperazine rings is 1. The minimum Gasteiger partial charge on any atom is -0.480 e. The second kappa shape index (κ2) is 7.19. The fourth-order valence-electron chi connectivity index (χ4n) is 2.35. The number of nitrogens with one attached hydrogen (secondary N) is 1. The van der Waals surface area contributed by atoms with E-state index in [9.17, 15) is 14.7 Å². The van der Waals surface area contributed by atoms with Crippen LogP contribution in [0.25, 0.3) is 0 Å². The van der Waals surface area contributed by atoms with Gasteiger partial charge in [-0.15, -0.1) is 0 Å². The number of carboxylic acid groups (broad SMARTS) is 1. The molecule has 0 radical (unpaired) electrons. The van der Waals surface area contributed by atoms with Crippen LogP contribution in [0, 0.1) is 0 Å². The smallest absolute Gasteiger partial charge is 0.325 e. The van der Waals surface area contributed by atoms with Crippen LogP contribution >= 0.6 is 0 Å². The lowest BCUT2D eigenvalue weighted by atomic mass is 10.1. The van der Waals surface area contributed by atoms with Gasteiger partial charge in [0.25, 0.3) is 0 Å². The average molecular weight is 291 g/mol. The van der Waals surface area contributed by atoms with E-state index in [1.165, 1.54) is 0 Å². The van der Waals surface area contributed by atoms with Crippen LogP contribution in [0.1, 0.15) is 11.6 Å². The van der Waals surface area contributed by atoms with Gasteiger partial charge < -0.3 is 14.9 Å². The van der Waals surface area contributed by atoms with Crippen molar-refractivity contribution in [2.45, 2.75) is 6.04 Å². The molecule has 2 rings (SSSR count). The number of rotatable bonds is 5. The van der Waals surface area contributed by atoms with Crippen LogP contribution in [-0.2, 0) is 9.59 Å². The molecule has 114 valence electrons. The quantitative estimate of drug-likeness (QED) is 0.809. The molecule has 1 atom stereocenters. The molecule has 0 bridgehead atoms. The third-order valence-electron chi connectivity index (χ3n) is 3.69. The first kappa shape index (κ1) is 15.5. The van der Waals surface area contributed by atoms with Crippen molar-refractivity contribution >= 4 is 11.9 Å². The first-order valence-corrected chi connectivity index (χ1v) is 7.05. The topological polar surface area (TPSA) is 72.9 Å². The largest absolute Gasteiger partial charge is 0.480 e. The second-order valence-corrected chi connectivity index (χ2v) is 5.25. The van der Waals surface area contributed by atoms with Gasteiger partial charge in [-0.05, 0) is 12.6 Å². The molecule has 0 aromatic heterocycles. The summed E-state index contributed by atoms with van der Waals surface area (Å²) in [7, 11) is 2.02. The van der Waals surface area contributed by atoms with Gasteiger partial charge in [-0.3, -0.25) is 14.9 Å². The Morgan fingerprint density at radius 2 is 1.81 bits per heavy atom. The summed E-state index contributed by atoms with van der Waals surface area (Å²) in [6, 6.07) is 8.03.